The van der Waals surface area contributed by atoms with E-state index in [1.54, 1.807) is 0 Å². The number of alkyl carbamates (subject to hydrolysis) is 1. The Morgan fingerprint density at radius 2 is 2.00 bits per heavy atom. The third-order valence-electron chi connectivity index (χ3n) is 2.54. The zero-order valence-electron chi connectivity index (χ0n) is 12.4. The van der Waals surface area contributed by atoms with Crippen molar-refractivity contribution in [3.63, 3.8) is 0 Å². The van der Waals surface area contributed by atoms with E-state index in [2.05, 4.69) is 5.32 Å². The third kappa shape index (κ3) is 7.28. The fourth-order valence-corrected chi connectivity index (χ4v) is 2.35. The average molecular weight is 297 g/mol. The van der Waals surface area contributed by atoms with Crippen LogP contribution in [-0.2, 0) is 4.74 Å². The number of ketones is 1. The molecule has 1 aromatic heterocycles. The maximum atomic E-state index is 11.7. The van der Waals surface area contributed by atoms with Crippen LogP contribution in [0.15, 0.2) is 17.5 Å². The molecule has 1 N–H and O–H groups in total. The highest BCUT2D eigenvalue weighted by molar-refractivity contribution is 7.12. The second kappa shape index (κ2) is 8.04. The molecule has 1 heterocycles. The zero-order valence-corrected chi connectivity index (χ0v) is 13.2. The molecular formula is C15H23NO3S. The van der Waals surface area contributed by atoms with Crippen molar-refractivity contribution in [1.82, 2.24) is 5.32 Å². The summed E-state index contributed by atoms with van der Waals surface area (Å²) in [6.45, 7) is 6.09. The Morgan fingerprint density at radius 3 is 2.60 bits per heavy atom. The van der Waals surface area contributed by atoms with E-state index in [-0.39, 0.29) is 11.9 Å². The van der Waals surface area contributed by atoms with Gasteiger partial charge in [0, 0.05) is 13.0 Å². The summed E-state index contributed by atoms with van der Waals surface area (Å²) in [5.41, 5.74) is -0.461. The van der Waals surface area contributed by atoms with Gasteiger partial charge in [0.2, 0.25) is 0 Å². The molecule has 4 nitrogen and oxygen atoms in total. The van der Waals surface area contributed by atoms with Gasteiger partial charge in [0.1, 0.15) is 5.60 Å². The molecule has 0 saturated carbocycles. The Bertz CT molecular complexity index is 421. The molecule has 0 unspecified atom stereocenters. The normalized spacial score (nSPS) is 11.2. The molecular weight excluding hydrogens is 274 g/mol. The molecule has 0 aliphatic heterocycles. The molecule has 0 fully saturated rings. The first kappa shape index (κ1) is 16.7. The fourth-order valence-electron chi connectivity index (χ4n) is 1.65. The summed E-state index contributed by atoms with van der Waals surface area (Å²) >= 11 is 1.49. The summed E-state index contributed by atoms with van der Waals surface area (Å²) in [6, 6.07) is 3.75. The molecule has 0 bridgehead atoms. The number of carbonyl (C=O) groups excluding carboxylic acids is 2. The van der Waals surface area contributed by atoms with E-state index in [1.807, 2.05) is 38.3 Å². The van der Waals surface area contributed by atoms with Crippen LogP contribution in [0.2, 0.25) is 0 Å². The monoisotopic (exact) mass is 297 g/mol. The number of nitrogens with one attached hydrogen (secondary N) is 1. The first-order chi connectivity index (χ1) is 9.38. The second-order valence-corrected chi connectivity index (χ2v) is 6.59. The van der Waals surface area contributed by atoms with Gasteiger partial charge in [0.15, 0.2) is 5.78 Å². The number of thiophene rings is 1. The molecule has 0 aromatic carbocycles. The van der Waals surface area contributed by atoms with Crippen LogP contribution in [0, 0.1) is 0 Å². The van der Waals surface area contributed by atoms with Gasteiger partial charge in [-0.25, -0.2) is 4.79 Å². The Hall–Kier alpha value is -1.36. The van der Waals surface area contributed by atoms with Crippen molar-refractivity contribution < 1.29 is 14.3 Å². The molecule has 112 valence electrons. The first-order valence-electron chi connectivity index (χ1n) is 6.92. The molecule has 1 rings (SSSR count). The van der Waals surface area contributed by atoms with Crippen LogP contribution in [0.4, 0.5) is 4.79 Å². The van der Waals surface area contributed by atoms with Crippen LogP contribution >= 0.6 is 11.3 Å². The largest absolute Gasteiger partial charge is 0.444 e. The highest BCUT2D eigenvalue weighted by Gasteiger charge is 2.15. The summed E-state index contributed by atoms with van der Waals surface area (Å²) in [5, 5.41) is 4.63. The topological polar surface area (TPSA) is 55.4 Å². The van der Waals surface area contributed by atoms with E-state index in [9.17, 15) is 9.59 Å². The van der Waals surface area contributed by atoms with Gasteiger partial charge >= 0.3 is 6.09 Å². The Kier molecular flexibility index (Phi) is 6.71. The van der Waals surface area contributed by atoms with E-state index in [0.29, 0.717) is 13.0 Å². The maximum Gasteiger partial charge on any atom is 0.407 e. The molecule has 5 heteroatoms. The van der Waals surface area contributed by atoms with E-state index in [1.165, 1.54) is 11.3 Å². The van der Waals surface area contributed by atoms with Crippen molar-refractivity contribution in [2.24, 2.45) is 0 Å². The average Bonchev–Trinajstić information content (AvgIpc) is 2.84. The molecule has 0 saturated heterocycles. The maximum absolute atomic E-state index is 11.7. The number of Topliss-reactive ketones (excluding diaryl/α,β-unsaturated/α-hetero) is 1. The zero-order chi connectivity index (χ0) is 15.0. The van der Waals surface area contributed by atoms with Gasteiger partial charge in [-0.1, -0.05) is 12.5 Å². The lowest BCUT2D eigenvalue weighted by atomic mass is 10.1. The van der Waals surface area contributed by atoms with Crippen molar-refractivity contribution in [2.45, 2.75) is 52.1 Å². The molecule has 1 amide bonds. The van der Waals surface area contributed by atoms with Crippen molar-refractivity contribution in [3.05, 3.63) is 22.4 Å². The molecule has 0 aliphatic rings. The predicted molar refractivity (Wildman–Crippen MR) is 81.4 cm³/mol. The predicted octanol–water partition coefficient (Wildman–Crippen LogP) is 4.02. The molecule has 0 atom stereocenters. The molecule has 0 radical (unpaired) electrons. The van der Waals surface area contributed by atoms with Crippen molar-refractivity contribution in [2.75, 3.05) is 6.54 Å². The minimum atomic E-state index is -0.461. The van der Waals surface area contributed by atoms with Gasteiger partial charge in [0.25, 0.3) is 0 Å². The Morgan fingerprint density at radius 1 is 1.25 bits per heavy atom. The van der Waals surface area contributed by atoms with E-state index in [4.69, 9.17) is 4.74 Å². The van der Waals surface area contributed by atoms with E-state index < -0.39 is 5.60 Å². The fraction of sp³-hybridized carbons (Fsp3) is 0.600. The second-order valence-electron chi connectivity index (χ2n) is 5.64. The number of unbranched alkanes of at least 4 members (excludes halogenated alkanes) is 2. The standard InChI is InChI=1S/C15H23NO3S/c1-15(2,3)19-14(18)16-10-6-4-5-8-12(17)13-9-7-11-20-13/h7,9,11H,4-6,8,10H2,1-3H3,(H,16,18). The van der Waals surface area contributed by atoms with Gasteiger partial charge < -0.3 is 10.1 Å². The number of hydrogen-bond donors (Lipinski definition) is 1. The quantitative estimate of drug-likeness (QED) is 0.611. The third-order valence-corrected chi connectivity index (χ3v) is 3.46. The minimum absolute atomic E-state index is 0.208. The number of rotatable bonds is 7. The van der Waals surface area contributed by atoms with Crippen LogP contribution < -0.4 is 5.32 Å². The molecule has 20 heavy (non-hydrogen) atoms. The molecule has 0 spiro atoms. The van der Waals surface area contributed by atoms with Crippen LogP contribution in [0.3, 0.4) is 0 Å². The summed E-state index contributed by atoms with van der Waals surface area (Å²) in [7, 11) is 0. The summed E-state index contributed by atoms with van der Waals surface area (Å²) in [6.07, 6.45) is 2.83. The molecule has 1 aromatic rings. The van der Waals surface area contributed by atoms with Crippen LogP contribution in [0.5, 0.6) is 0 Å². The summed E-state index contributed by atoms with van der Waals surface area (Å²) < 4.78 is 5.13. The number of amides is 1. The lowest BCUT2D eigenvalue weighted by Gasteiger charge is -2.19. The SMILES string of the molecule is CC(C)(C)OC(=O)NCCCCCC(=O)c1cccs1. The number of ether oxygens (including phenoxy) is 1. The summed E-state index contributed by atoms with van der Waals surface area (Å²) in [5.74, 6) is 0.208. The lowest BCUT2D eigenvalue weighted by Crippen LogP contribution is -2.32. The number of carbonyl (C=O) groups is 2. The van der Waals surface area contributed by atoms with Crippen LogP contribution in [-0.4, -0.2) is 24.0 Å². The number of hydrogen-bond acceptors (Lipinski definition) is 4. The summed E-state index contributed by atoms with van der Waals surface area (Å²) in [4.78, 5) is 23.9. The van der Waals surface area contributed by atoms with Crippen LogP contribution in [0.25, 0.3) is 0 Å². The van der Waals surface area contributed by atoms with Crippen molar-refractivity contribution in [3.8, 4) is 0 Å². The smallest absolute Gasteiger partial charge is 0.407 e. The minimum Gasteiger partial charge on any atom is -0.444 e. The van der Waals surface area contributed by atoms with Crippen molar-refractivity contribution in [1.29, 1.82) is 0 Å². The van der Waals surface area contributed by atoms with E-state index in [0.717, 1.165) is 24.1 Å². The van der Waals surface area contributed by atoms with E-state index >= 15 is 0 Å². The Labute approximate surface area is 124 Å². The van der Waals surface area contributed by atoms with Gasteiger partial charge in [0.05, 0.1) is 4.88 Å². The van der Waals surface area contributed by atoms with Gasteiger partial charge in [-0.3, -0.25) is 4.79 Å². The van der Waals surface area contributed by atoms with Gasteiger partial charge in [-0.2, -0.15) is 0 Å². The highest BCUT2D eigenvalue weighted by atomic mass is 32.1. The van der Waals surface area contributed by atoms with Crippen molar-refractivity contribution >= 4 is 23.2 Å². The van der Waals surface area contributed by atoms with Gasteiger partial charge in [-0.15, -0.1) is 11.3 Å². The van der Waals surface area contributed by atoms with Gasteiger partial charge in [-0.05, 0) is 45.1 Å². The Balaban J connectivity index is 2.03. The highest BCUT2D eigenvalue weighted by Crippen LogP contribution is 2.13. The lowest BCUT2D eigenvalue weighted by molar-refractivity contribution is 0.0526. The van der Waals surface area contributed by atoms with Crippen LogP contribution in [0.1, 0.15) is 56.1 Å². The first-order valence-corrected chi connectivity index (χ1v) is 7.80. The molecule has 0 aliphatic carbocycles.